The monoisotopic (exact) mass is 313 g/mol. The van der Waals surface area contributed by atoms with Crippen LogP contribution in [0.2, 0.25) is 10.0 Å². The van der Waals surface area contributed by atoms with Gasteiger partial charge in [-0.3, -0.25) is 0 Å². The second kappa shape index (κ2) is 6.68. The number of benzene rings is 1. The predicted octanol–water partition coefficient (Wildman–Crippen LogP) is 5.20. The highest BCUT2D eigenvalue weighted by molar-refractivity contribution is 6.42. The molecule has 3 heteroatoms. The van der Waals surface area contributed by atoms with Crippen molar-refractivity contribution >= 4 is 23.2 Å². The van der Waals surface area contributed by atoms with Crippen LogP contribution in [0.1, 0.15) is 38.7 Å². The fraction of sp³-hybridized carbons (Fsp3) is 0.647. The van der Waals surface area contributed by atoms with Gasteiger partial charge in [-0.25, -0.2) is 0 Å². The highest BCUT2D eigenvalue weighted by atomic mass is 35.5. The fourth-order valence-electron chi connectivity index (χ4n) is 3.53. The summed E-state index contributed by atoms with van der Waals surface area (Å²) in [5.74, 6) is 1.49. The van der Waals surface area contributed by atoms with E-state index in [1.54, 1.807) is 0 Å². The summed E-state index contributed by atoms with van der Waals surface area (Å²) in [5.41, 5.74) is 1.77. The van der Waals surface area contributed by atoms with E-state index < -0.39 is 0 Å². The largest absolute Gasteiger partial charge is 0.319 e. The second-order valence-corrected chi connectivity index (χ2v) is 7.75. The Labute approximate surface area is 133 Å². The molecule has 0 spiro atoms. The number of hydrogen-bond acceptors (Lipinski definition) is 1. The van der Waals surface area contributed by atoms with Gasteiger partial charge in [0.1, 0.15) is 0 Å². The minimum atomic E-state index is 0.463. The SMILES string of the molecule is CNCC1CCC(C)(C)CC1Cc1ccc(Cl)c(Cl)c1. The molecule has 0 amide bonds. The summed E-state index contributed by atoms with van der Waals surface area (Å²) < 4.78 is 0. The van der Waals surface area contributed by atoms with Gasteiger partial charge >= 0.3 is 0 Å². The van der Waals surface area contributed by atoms with Crippen molar-refractivity contribution in [2.24, 2.45) is 17.3 Å². The Kier molecular flexibility index (Phi) is 5.39. The molecule has 1 aliphatic carbocycles. The van der Waals surface area contributed by atoms with Crippen LogP contribution in [0.3, 0.4) is 0 Å². The van der Waals surface area contributed by atoms with Crippen molar-refractivity contribution in [3.8, 4) is 0 Å². The van der Waals surface area contributed by atoms with Crippen LogP contribution in [0.15, 0.2) is 18.2 Å². The van der Waals surface area contributed by atoms with Gasteiger partial charge in [0.15, 0.2) is 0 Å². The zero-order valence-corrected chi connectivity index (χ0v) is 14.2. The molecule has 112 valence electrons. The molecule has 1 fully saturated rings. The molecule has 0 saturated heterocycles. The summed E-state index contributed by atoms with van der Waals surface area (Å²) in [6.07, 6.45) is 5.04. The molecule has 1 aromatic carbocycles. The molecule has 0 radical (unpaired) electrons. The zero-order chi connectivity index (χ0) is 14.8. The van der Waals surface area contributed by atoms with E-state index in [0.717, 1.165) is 24.8 Å². The first-order chi connectivity index (χ1) is 9.41. The smallest absolute Gasteiger partial charge is 0.0595 e. The van der Waals surface area contributed by atoms with Crippen LogP contribution in [0, 0.1) is 17.3 Å². The first kappa shape index (κ1) is 16.1. The molecule has 1 aliphatic rings. The van der Waals surface area contributed by atoms with E-state index in [2.05, 4.69) is 32.3 Å². The molecule has 1 aromatic rings. The number of nitrogens with one attached hydrogen (secondary N) is 1. The molecule has 0 aromatic heterocycles. The van der Waals surface area contributed by atoms with Crippen molar-refractivity contribution in [3.05, 3.63) is 33.8 Å². The molecule has 1 saturated carbocycles. The van der Waals surface area contributed by atoms with Crippen molar-refractivity contribution in [2.75, 3.05) is 13.6 Å². The second-order valence-electron chi connectivity index (χ2n) is 6.94. The zero-order valence-electron chi connectivity index (χ0n) is 12.7. The van der Waals surface area contributed by atoms with E-state index in [-0.39, 0.29) is 0 Å². The quantitative estimate of drug-likeness (QED) is 0.805. The topological polar surface area (TPSA) is 12.0 Å². The highest BCUT2D eigenvalue weighted by Crippen LogP contribution is 2.43. The lowest BCUT2D eigenvalue weighted by Gasteiger charge is -2.41. The third-order valence-corrected chi connectivity index (χ3v) is 5.36. The van der Waals surface area contributed by atoms with E-state index in [0.29, 0.717) is 15.5 Å². The van der Waals surface area contributed by atoms with Crippen molar-refractivity contribution < 1.29 is 0 Å². The van der Waals surface area contributed by atoms with Gasteiger partial charge in [-0.1, -0.05) is 43.1 Å². The van der Waals surface area contributed by atoms with Gasteiger partial charge in [-0.2, -0.15) is 0 Å². The average Bonchev–Trinajstić information content (AvgIpc) is 2.37. The van der Waals surface area contributed by atoms with Crippen LogP contribution in [0.5, 0.6) is 0 Å². The van der Waals surface area contributed by atoms with Gasteiger partial charge in [0.2, 0.25) is 0 Å². The van der Waals surface area contributed by atoms with E-state index >= 15 is 0 Å². The van der Waals surface area contributed by atoms with Gasteiger partial charge in [-0.15, -0.1) is 0 Å². The number of rotatable bonds is 4. The molecule has 1 nitrogen and oxygen atoms in total. The summed E-state index contributed by atoms with van der Waals surface area (Å²) in [4.78, 5) is 0. The molecule has 0 heterocycles. The summed E-state index contributed by atoms with van der Waals surface area (Å²) in [6, 6.07) is 6.06. The van der Waals surface area contributed by atoms with Gasteiger partial charge in [0.05, 0.1) is 10.0 Å². The van der Waals surface area contributed by atoms with Crippen molar-refractivity contribution in [1.29, 1.82) is 0 Å². The van der Waals surface area contributed by atoms with Crippen LogP contribution < -0.4 is 5.32 Å². The normalized spacial score (nSPS) is 25.6. The maximum atomic E-state index is 6.14. The van der Waals surface area contributed by atoms with Crippen molar-refractivity contribution in [2.45, 2.75) is 39.5 Å². The third kappa shape index (κ3) is 4.13. The van der Waals surface area contributed by atoms with Crippen LogP contribution >= 0.6 is 23.2 Å². The van der Waals surface area contributed by atoms with Crippen molar-refractivity contribution in [1.82, 2.24) is 5.32 Å². The number of hydrogen-bond donors (Lipinski definition) is 1. The average molecular weight is 314 g/mol. The molecule has 0 bridgehead atoms. The molecule has 2 rings (SSSR count). The fourth-order valence-corrected chi connectivity index (χ4v) is 3.85. The lowest BCUT2D eigenvalue weighted by molar-refractivity contribution is 0.117. The Morgan fingerprint density at radius 2 is 1.95 bits per heavy atom. The lowest BCUT2D eigenvalue weighted by atomic mass is 9.65. The maximum absolute atomic E-state index is 6.14. The summed E-state index contributed by atoms with van der Waals surface area (Å²) in [5, 5.41) is 4.67. The molecule has 2 unspecified atom stereocenters. The standard InChI is InChI=1S/C17H25Cl2N/c1-17(2)7-6-13(11-20-3)14(10-17)8-12-4-5-15(18)16(19)9-12/h4-5,9,13-14,20H,6-8,10-11H2,1-3H3. The van der Waals surface area contributed by atoms with E-state index in [9.17, 15) is 0 Å². The van der Waals surface area contributed by atoms with E-state index in [4.69, 9.17) is 23.2 Å². The molecule has 2 atom stereocenters. The van der Waals surface area contributed by atoms with Crippen LogP contribution in [-0.2, 0) is 6.42 Å². The predicted molar refractivity (Wildman–Crippen MR) is 88.7 cm³/mol. The van der Waals surface area contributed by atoms with Gasteiger partial charge in [-0.05, 0) is 74.2 Å². The van der Waals surface area contributed by atoms with E-state index in [1.165, 1.54) is 24.8 Å². The van der Waals surface area contributed by atoms with Gasteiger partial charge in [0.25, 0.3) is 0 Å². The summed E-state index contributed by atoms with van der Waals surface area (Å²) in [7, 11) is 2.05. The van der Waals surface area contributed by atoms with Gasteiger partial charge in [0, 0.05) is 0 Å². The number of halogens is 2. The minimum absolute atomic E-state index is 0.463. The molecule has 1 N–H and O–H groups in total. The Hall–Kier alpha value is -0.240. The van der Waals surface area contributed by atoms with Crippen molar-refractivity contribution in [3.63, 3.8) is 0 Å². The third-order valence-electron chi connectivity index (χ3n) is 4.62. The van der Waals surface area contributed by atoms with Gasteiger partial charge < -0.3 is 5.32 Å². The Morgan fingerprint density at radius 1 is 1.20 bits per heavy atom. The minimum Gasteiger partial charge on any atom is -0.319 e. The van der Waals surface area contributed by atoms with E-state index in [1.807, 2.05) is 12.1 Å². The summed E-state index contributed by atoms with van der Waals surface area (Å²) in [6.45, 7) is 5.90. The lowest BCUT2D eigenvalue weighted by Crippen LogP contribution is -2.36. The Balaban J connectivity index is 2.11. The summed E-state index contributed by atoms with van der Waals surface area (Å²) >= 11 is 12.1. The molecule has 0 aliphatic heterocycles. The Bertz CT molecular complexity index is 456. The first-order valence-corrected chi connectivity index (χ1v) is 8.25. The first-order valence-electron chi connectivity index (χ1n) is 7.50. The van der Waals surface area contributed by atoms with Crippen LogP contribution in [-0.4, -0.2) is 13.6 Å². The maximum Gasteiger partial charge on any atom is 0.0595 e. The van der Waals surface area contributed by atoms with Crippen LogP contribution in [0.25, 0.3) is 0 Å². The Morgan fingerprint density at radius 3 is 2.60 bits per heavy atom. The van der Waals surface area contributed by atoms with Crippen LogP contribution in [0.4, 0.5) is 0 Å². The molecular weight excluding hydrogens is 289 g/mol. The molecule has 20 heavy (non-hydrogen) atoms. The molecular formula is C17H25Cl2N. The highest BCUT2D eigenvalue weighted by Gasteiger charge is 2.34.